The van der Waals surface area contributed by atoms with Crippen LogP contribution in [0.15, 0.2) is 53.9 Å². The Morgan fingerprint density at radius 1 is 1.07 bits per heavy atom. The third-order valence-corrected chi connectivity index (χ3v) is 5.58. The summed E-state index contributed by atoms with van der Waals surface area (Å²) in [6.45, 7) is 4.83. The summed E-state index contributed by atoms with van der Waals surface area (Å²) in [5.74, 6) is 0.996. The average molecular weight is 383 g/mol. The molecule has 1 heterocycles. The van der Waals surface area contributed by atoms with Crippen LogP contribution in [0.4, 0.5) is 0 Å². The van der Waals surface area contributed by atoms with E-state index < -0.39 is 0 Å². The number of ether oxygens (including phenoxy) is 1. The highest BCUT2D eigenvalue weighted by molar-refractivity contribution is 7.09. The summed E-state index contributed by atoms with van der Waals surface area (Å²) >= 11 is 1.73. The van der Waals surface area contributed by atoms with E-state index in [9.17, 15) is 4.79 Å². The molecule has 0 saturated heterocycles. The molecule has 4 nitrogen and oxygen atoms in total. The maximum Gasteiger partial charge on any atom is 0.236 e. The molecule has 142 valence electrons. The molecular weight excluding hydrogens is 356 g/mol. The summed E-state index contributed by atoms with van der Waals surface area (Å²) in [6.07, 6.45) is 0. The van der Waals surface area contributed by atoms with E-state index in [1.165, 1.54) is 4.88 Å². The van der Waals surface area contributed by atoms with Crippen LogP contribution in [0.5, 0.6) is 5.75 Å². The van der Waals surface area contributed by atoms with Crippen molar-refractivity contribution in [2.24, 2.45) is 0 Å². The molecule has 0 aliphatic rings. The van der Waals surface area contributed by atoms with Crippen LogP contribution >= 0.6 is 11.3 Å². The first-order valence-corrected chi connectivity index (χ1v) is 10.0. The van der Waals surface area contributed by atoms with Gasteiger partial charge in [-0.1, -0.05) is 31.2 Å². The minimum Gasteiger partial charge on any atom is -0.497 e. The van der Waals surface area contributed by atoms with Crippen molar-refractivity contribution in [3.8, 4) is 5.75 Å². The van der Waals surface area contributed by atoms with Gasteiger partial charge in [0.15, 0.2) is 0 Å². The number of hydrogen-bond acceptors (Lipinski definition) is 4. The minimum absolute atomic E-state index is 0.142. The van der Waals surface area contributed by atoms with E-state index in [1.807, 2.05) is 24.1 Å². The van der Waals surface area contributed by atoms with E-state index in [4.69, 9.17) is 4.74 Å². The molecule has 0 aliphatic carbocycles. The predicted octanol–water partition coefficient (Wildman–Crippen LogP) is 4.39. The Morgan fingerprint density at radius 3 is 2.56 bits per heavy atom. The number of benzene rings is 2. The third kappa shape index (κ3) is 5.08. The van der Waals surface area contributed by atoms with Gasteiger partial charge in [0.05, 0.1) is 13.7 Å². The molecule has 0 N–H and O–H groups in total. The third-order valence-electron chi connectivity index (χ3n) is 4.72. The molecule has 1 amide bonds. The van der Waals surface area contributed by atoms with Gasteiger partial charge in [0, 0.05) is 25.0 Å². The molecule has 0 saturated carbocycles. The molecule has 1 aromatic heterocycles. The summed E-state index contributed by atoms with van der Waals surface area (Å²) in [5, 5.41) is 4.37. The summed E-state index contributed by atoms with van der Waals surface area (Å²) in [6, 6.07) is 16.5. The van der Waals surface area contributed by atoms with Gasteiger partial charge >= 0.3 is 0 Å². The van der Waals surface area contributed by atoms with Crippen LogP contribution in [-0.2, 0) is 17.9 Å². The van der Waals surface area contributed by atoms with Gasteiger partial charge in [0.2, 0.25) is 5.91 Å². The maximum atomic E-state index is 12.7. The Kier molecular flexibility index (Phi) is 6.48. The fourth-order valence-corrected chi connectivity index (χ4v) is 3.82. The lowest BCUT2D eigenvalue weighted by Gasteiger charge is -2.24. The summed E-state index contributed by atoms with van der Waals surface area (Å²) in [7, 11) is 3.55. The Morgan fingerprint density at radius 2 is 1.85 bits per heavy atom. The van der Waals surface area contributed by atoms with E-state index in [0.29, 0.717) is 13.1 Å². The second-order valence-electron chi connectivity index (χ2n) is 6.68. The molecule has 0 fully saturated rings. The number of rotatable bonds is 8. The standard InChI is InChI=1S/C22H26N2O2S/c1-4-24(15-21-6-5-11-27-21)16-22(25)23(2)14-17-7-8-19-13-20(26-3)10-9-18(19)12-17/h5-13H,4,14-16H2,1-3H3. The lowest BCUT2D eigenvalue weighted by Crippen LogP contribution is -2.37. The van der Waals surface area contributed by atoms with Gasteiger partial charge in [-0.25, -0.2) is 0 Å². The predicted molar refractivity (Wildman–Crippen MR) is 112 cm³/mol. The Hall–Kier alpha value is -2.37. The first-order chi connectivity index (χ1) is 13.1. The summed E-state index contributed by atoms with van der Waals surface area (Å²) in [4.78, 5) is 17.9. The van der Waals surface area contributed by atoms with Crippen molar-refractivity contribution in [3.63, 3.8) is 0 Å². The average Bonchev–Trinajstić information content (AvgIpc) is 3.19. The van der Waals surface area contributed by atoms with Gasteiger partial charge in [-0.15, -0.1) is 11.3 Å². The van der Waals surface area contributed by atoms with E-state index >= 15 is 0 Å². The fourth-order valence-electron chi connectivity index (χ4n) is 3.08. The minimum atomic E-state index is 0.142. The van der Waals surface area contributed by atoms with Gasteiger partial charge in [-0.3, -0.25) is 9.69 Å². The van der Waals surface area contributed by atoms with Crippen LogP contribution in [0.2, 0.25) is 0 Å². The topological polar surface area (TPSA) is 32.8 Å². The molecule has 5 heteroatoms. The highest BCUT2D eigenvalue weighted by Gasteiger charge is 2.14. The number of thiophene rings is 1. The Bertz CT molecular complexity index is 892. The van der Waals surface area contributed by atoms with Crippen LogP contribution in [0.1, 0.15) is 17.4 Å². The van der Waals surface area contributed by atoms with Crippen LogP contribution < -0.4 is 4.74 Å². The number of carbonyl (C=O) groups excluding carboxylic acids is 1. The SMILES string of the molecule is CCN(CC(=O)N(C)Cc1ccc2cc(OC)ccc2c1)Cc1cccs1. The smallest absolute Gasteiger partial charge is 0.236 e. The van der Waals surface area contributed by atoms with E-state index in [2.05, 4.69) is 53.6 Å². The van der Waals surface area contributed by atoms with Crippen LogP contribution in [0.25, 0.3) is 10.8 Å². The van der Waals surface area contributed by atoms with Gasteiger partial charge in [-0.2, -0.15) is 0 Å². The summed E-state index contributed by atoms with van der Waals surface area (Å²) in [5.41, 5.74) is 1.13. The van der Waals surface area contributed by atoms with Crippen molar-refractivity contribution in [2.75, 3.05) is 27.2 Å². The monoisotopic (exact) mass is 382 g/mol. The first-order valence-electron chi connectivity index (χ1n) is 9.14. The number of likely N-dealkylation sites (N-methyl/N-ethyl adjacent to an activating group) is 2. The van der Waals surface area contributed by atoms with Gasteiger partial charge in [0.25, 0.3) is 0 Å². The quantitative estimate of drug-likeness (QED) is 0.579. The van der Waals surface area contributed by atoms with E-state index in [0.717, 1.165) is 35.2 Å². The lowest BCUT2D eigenvalue weighted by molar-refractivity contribution is -0.131. The zero-order valence-electron chi connectivity index (χ0n) is 16.1. The molecule has 27 heavy (non-hydrogen) atoms. The first kappa shape index (κ1) is 19.4. The molecule has 0 atom stereocenters. The van der Waals surface area contributed by atoms with Crippen LogP contribution in [0.3, 0.4) is 0 Å². The molecule has 3 aromatic rings. The number of fused-ring (bicyclic) bond motifs is 1. The number of carbonyl (C=O) groups is 1. The highest BCUT2D eigenvalue weighted by atomic mass is 32.1. The van der Waals surface area contributed by atoms with Crippen molar-refractivity contribution in [1.29, 1.82) is 0 Å². The Balaban J connectivity index is 1.62. The van der Waals surface area contributed by atoms with Crippen molar-refractivity contribution in [1.82, 2.24) is 9.80 Å². The zero-order valence-corrected chi connectivity index (χ0v) is 17.0. The zero-order chi connectivity index (χ0) is 19.2. The fraction of sp³-hybridized carbons (Fsp3) is 0.318. The molecule has 3 rings (SSSR count). The van der Waals surface area contributed by atoms with Gasteiger partial charge in [0.1, 0.15) is 5.75 Å². The molecule has 0 bridgehead atoms. The number of hydrogen-bond donors (Lipinski definition) is 0. The number of methoxy groups -OCH3 is 1. The molecule has 0 spiro atoms. The lowest BCUT2D eigenvalue weighted by atomic mass is 10.1. The van der Waals surface area contributed by atoms with Crippen LogP contribution in [0, 0.1) is 0 Å². The van der Waals surface area contributed by atoms with E-state index in [1.54, 1.807) is 18.4 Å². The van der Waals surface area contributed by atoms with Crippen molar-refractivity contribution in [2.45, 2.75) is 20.0 Å². The number of nitrogens with zero attached hydrogens (tertiary/aromatic N) is 2. The summed E-state index contributed by atoms with van der Waals surface area (Å²) < 4.78 is 5.28. The molecule has 0 radical (unpaired) electrons. The highest BCUT2D eigenvalue weighted by Crippen LogP contribution is 2.22. The number of amides is 1. The molecular formula is C22H26N2O2S. The normalized spacial score (nSPS) is 11.1. The molecule has 0 aliphatic heterocycles. The Labute approximate surface area is 165 Å². The second-order valence-corrected chi connectivity index (χ2v) is 7.71. The molecule has 0 unspecified atom stereocenters. The van der Waals surface area contributed by atoms with Gasteiger partial charge in [-0.05, 0) is 52.5 Å². The van der Waals surface area contributed by atoms with E-state index in [-0.39, 0.29) is 5.91 Å². The van der Waals surface area contributed by atoms with Crippen molar-refractivity contribution >= 4 is 28.0 Å². The van der Waals surface area contributed by atoms with Crippen molar-refractivity contribution in [3.05, 3.63) is 64.4 Å². The largest absolute Gasteiger partial charge is 0.497 e. The van der Waals surface area contributed by atoms with Gasteiger partial charge < -0.3 is 9.64 Å². The van der Waals surface area contributed by atoms with Crippen molar-refractivity contribution < 1.29 is 9.53 Å². The molecule has 2 aromatic carbocycles. The second kappa shape index (κ2) is 9.02. The maximum absolute atomic E-state index is 12.7. The van der Waals surface area contributed by atoms with Crippen LogP contribution in [-0.4, -0.2) is 43.0 Å².